The lowest BCUT2D eigenvalue weighted by atomic mass is 10.0. The maximum Gasteiger partial charge on any atom is 0.472 e. The SMILES string of the molecule is CCCCCCC/C=C\C/C=C\CCCCCCCCCCCCCC(=O)OC(COC(=O)CCCCCCCCCCCCCCCCCCC)COP(=O)(O)OC. The first-order valence-electron chi connectivity index (χ1n) is 25.0. The summed E-state index contributed by atoms with van der Waals surface area (Å²) in [5.41, 5.74) is 0. The van der Waals surface area contributed by atoms with Gasteiger partial charge in [-0.3, -0.25) is 18.6 Å². The lowest BCUT2D eigenvalue weighted by Crippen LogP contribution is -2.29. The fourth-order valence-corrected chi connectivity index (χ4v) is 7.80. The summed E-state index contributed by atoms with van der Waals surface area (Å²) in [4.78, 5) is 34.6. The van der Waals surface area contributed by atoms with Gasteiger partial charge in [0.25, 0.3) is 0 Å². The van der Waals surface area contributed by atoms with Crippen molar-refractivity contribution in [2.75, 3.05) is 20.3 Å². The summed E-state index contributed by atoms with van der Waals surface area (Å²) in [6.07, 6.45) is 53.8. The van der Waals surface area contributed by atoms with E-state index in [1.807, 2.05) is 0 Å². The van der Waals surface area contributed by atoms with Crippen LogP contribution in [-0.4, -0.2) is 43.3 Å². The zero-order valence-corrected chi connectivity index (χ0v) is 39.8. The second kappa shape index (κ2) is 46.0. The summed E-state index contributed by atoms with van der Waals surface area (Å²) in [7, 11) is -3.20. The highest BCUT2D eigenvalue weighted by atomic mass is 31.2. The van der Waals surface area contributed by atoms with Gasteiger partial charge in [0.05, 0.1) is 6.61 Å². The molecule has 0 amide bonds. The number of carbonyl (C=O) groups excluding carboxylic acids is 2. The Bertz CT molecular complexity index is 1010. The van der Waals surface area contributed by atoms with Gasteiger partial charge in [-0.05, 0) is 44.9 Å². The third-order valence-corrected chi connectivity index (χ3v) is 12.1. The van der Waals surface area contributed by atoms with Gasteiger partial charge in [0.15, 0.2) is 6.10 Å². The minimum absolute atomic E-state index is 0.221. The van der Waals surface area contributed by atoms with Crippen molar-refractivity contribution < 1.29 is 37.6 Å². The van der Waals surface area contributed by atoms with Gasteiger partial charge in [0.1, 0.15) is 6.61 Å². The van der Waals surface area contributed by atoms with E-state index in [1.165, 1.54) is 186 Å². The molecule has 59 heavy (non-hydrogen) atoms. The molecule has 0 saturated carbocycles. The van der Waals surface area contributed by atoms with Crippen molar-refractivity contribution in [3.05, 3.63) is 24.3 Å². The quantitative estimate of drug-likeness (QED) is 0.0279. The largest absolute Gasteiger partial charge is 0.472 e. The Morgan fingerprint density at radius 3 is 1.19 bits per heavy atom. The first-order chi connectivity index (χ1) is 28.8. The Balaban J connectivity index is 3.88. The number of hydrogen-bond donors (Lipinski definition) is 1. The Morgan fingerprint density at radius 2 is 0.814 bits per heavy atom. The first-order valence-corrected chi connectivity index (χ1v) is 26.5. The fraction of sp³-hybridized carbons (Fsp3) is 0.880. The molecular weight excluding hydrogens is 760 g/mol. The molecule has 2 atom stereocenters. The van der Waals surface area contributed by atoms with E-state index in [9.17, 15) is 19.0 Å². The molecule has 0 aromatic carbocycles. The van der Waals surface area contributed by atoms with Gasteiger partial charge in [-0.1, -0.05) is 224 Å². The van der Waals surface area contributed by atoms with E-state index in [4.69, 9.17) is 14.0 Å². The van der Waals surface area contributed by atoms with Gasteiger partial charge < -0.3 is 14.4 Å². The molecule has 348 valence electrons. The van der Waals surface area contributed by atoms with E-state index < -0.39 is 26.5 Å². The molecule has 0 fully saturated rings. The molecule has 1 N–H and O–H groups in total. The number of phosphoric ester groups is 1. The van der Waals surface area contributed by atoms with Crippen molar-refractivity contribution in [3.63, 3.8) is 0 Å². The lowest BCUT2D eigenvalue weighted by Gasteiger charge is -2.19. The van der Waals surface area contributed by atoms with Crippen molar-refractivity contribution in [2.45, 2.75) is 264 Å². The second-order valence-electron chi connectivity index (χ2n) is 17.0. The van der Waals surface area contributed by atoms with Gasteiger partial charge >= 0.3 is 19.8 Å². The van der Waals surface area contributed by atoms with Gasteiger partial charge in [0.2, 0.25) is 0 Å². The van der Waals surface area contributed by atoms with Crippen molar-refractivity contribution >= 4 is 19.8 Å². The highest BCUT2D eigenvalue weighted by molar-refractivity contribution is 7.47. The molecule has 9 heteroatoms. The first kappa shape index (κ1) is 57.5. The van der Waals surface area contributed by atoms with Crippen LogP contribution in [0.15, 0.2) is 24.3 Å². The molecule has 0 rings (SSSR count). The zero-order chi connectivity index (χ0) is 43.2. The minimum atomic E-state index is -4.26. The van der Waals surface area contributed by atoms with Gasteiger partial charge in [-0.15, -0.1) is 0 Å². The fourth-order valence-electron chi connectivity index (χ4n) is 7.34. The molecule has 0 aliphatic rings. The molecule has 0 heterocycles. The van der Waals surface area contributed by atoms with Crippen molar-refractivity contribution in [2.24, 2.45) is 0 Å². The van der Waals surface area contributed by atoms with Crippen LogP contribution in [0.2, 0.25) is 0 Å². The van der Waals surface area contributed by atoms with Crippen LogP contribution in [0.5, 0.6) is 0 Å². The van der Waals surface area contributed by atoms with Crippen LogP contribution < -0.4 is 0 Å². The van der Waals surface area contributed by atoms with Crippen LogP contribution in [0.25, 0.3) is 0 Å². The molecule has 0 aliphatic heterocycles. The van der Waals surface area contributed by atoms with E-state index in [2.05, 4.69) is 42.7 Å². The van der Waals surface area contributed by atoms with Crippen molar-refractivity contribution in [3.8, 4) is 0 Å². The Morgan fingerprint density at radius 1 is 0.475 bits per heavy atom. The average molecular weight is 855 g/mol. The van der Waals surface area contributed by atoms with Crippen LogP contribution in [0.1, 0.15) is 258 Å². The molecule has 0 saturated heterocycles. The lowest BCUT2D eigenvalue weighted by molar-refractivity contribution is -0.161. The van der Waals surface area contributed by atoms with Crippen LogP contribution in [0, 0.1) is 0 Å². The maximum absolute atomic E-state index is 12.6. The van der Waals surface area contributed by atoms with Crippen molar-refractivity contribution in [1.82, 2.24) is 0 Å². The maximum atomic E-state index is 12.6. The monoisotopic (exact) mass is 855 g/mol. The number of hydrogen-bond acceptors (Lipinski definition) is 7. The number of esters is 2. The number of unbranched alkanes of at least 4 members (excludes halogenated alkanes) is 32. The zero-order valence-electron chi connectivity index (χ0n) is 38.9. The summed E-state index contributed by atoms with van der Waals surface area (Å²) < 4.78 is 32.1. The molecule has 0 aromatic heterocycles. The second-order valence-corrected chi connectivity index (χ2v) is 18.5. The minimum Gasteiger partial charge on any atom is -0.462 e. The third-order valence-electron chi connectivity index (χ3n) is 11.2. The summed E-state index contributed by atoms with van der Waals surface area (Å²) in [5.74, 6) is -0.792. The summed E-state index contributed by atoms with van der Waals surface area (Å²) in [5, 5.41) is 0. The smallest absolute Gasteiger partial charge is 0.462 e. The van der Waals surface area contributed by atoms with Gasteiger partial charge in [0, 0.05) is 20.0 Å². The molecule has 2 unspecified atom stereocenters. The van der Waals surface area contributed by atoms with Crippen LogP contribution in [-0.2, 0) is 32.7 Å². The van der Waals surface area contributed by atoms with Crippen LogP contribution in [0.4, 0.5) is 0 Å². The predicted molar refractivity (Wildman–Crippen MR) is 249 cm³/mol. The number of allylic oxidation sites excluding steroid dienone is 4. The van der Waals surface area contributed by atoms with Gasteiger partial charge in [-0.25, -0.2) is 4.57 Å². The molecule has 0 aliphatic carbocycles. The predicted octanol–water partition coefficient (Wildman–Crippen LogP) is 16.2. The summed E-state index contributed by atoms with van der Waals surface area (Å²) in [6, 6.07) is 0. The Hall–Kier alpha value is -1.47. The normalized spacial score (nSPS) is 13.4. The number of rotatable bonds is 47. The topological polar surface area (TPSA) is 108 Å². The molecule has 0 radical (unpaired) electrons. The standard InChI is InChI=1S/C50H95O8P/c1-4-6-8-10-12-14-16-18-20-22-23-24-25-26-27-29-31-33-35-37-39-41-43-45-50(52)58-48(47-57-59(53,54)55-3)46-56-49(51)44-42-40-38-36-34-32-30-28-21-19-17-15-13-11-9-7-5-2/h16,18,22-23,48H,4-15,17,19-21,24-47H2,1-3H3,(H,53,54)/b18-16-,23-22-. The summed E-state index contributed by atoms with van der Waals surface area (Å²) in [6.45, 7) is 3.92. The Labute approximate surface area is 364 Å². The van der Waals surface area contributed by atoms with Crippen molar-refractivity contribution in [1.29, 1.82) is 0 Å². The Kier molecular flexibility index (Phi) is 44.9. The number of carbonyl (C=O) groups is 2. The highest BCUT2D eigenvalue weighted by Crippen LogP contribution is 2.42. The van der Waals surface area contributed by atoms with Crippen LogP contribution in [0.3, 0.4) is 0 Å². The number of phosphoric acid groups is 1. The van der Waals surface area contributed by atoms with E-state index in [0.717, 1.165) is 45.6 Å². The molecule has 0 spiro atoms. The molecule has 0 aromatic rings. The molecule has 0 bridgehead atoms. The van der Waals surface area contributed by atoms with E-state index in [1.54, 1.807) is 0 Å². The van der Waals surface area contributed by atoms with E-state index in [0.29, 0.717) is 12.8 Å². The molecule has 8 nitrogen and oxygen atoms in total. The highest BCUT2D eigenvalue weighted by Gasteiger charge is 2.24. The van der Waals surface area contributed by atoms with Crippen LogP contribution >= 0.6 is 7.82 Å². The van der Waals surface area contributed by atoms with Gasteiger partial charge in [-0.2, -0.15) is 0 Å². The van der Waals surface area contributed by atoms with E-state index in [-0.39, 0.29) is 19.0 Å². The number of ether oxygens (including phenoxy) is 2. The van der Waals surface area contributed by atoms with E-state index >= 15 is 0 Å². The molecular formula is C50H95O8P. The third kappa shape index (κ3) is 45.9. The summed E-state index contributed by atoms with van der Waals surface area (Å²) >= 11 is 0. The average Bonchev–Trinajstić information content (AvgIpc) is 3.23.